The standard InChI is InChI=1S/C19H29N3O2/c1-3-20-13-15-22(16-14-20)19(24)10-12-21(17(2)23)11-9-18-7-5-4-6-8-18/h4-8H,3,9-16H2,1-2H3. The monoisotopic (exact) mass is 331 g/mol. The van der Waals surface area contributed by atoms with Gasteiger partial charge >= 0.3 is 0 Å². The Morgan fingerprint density at radius 3 is 2.29 bits per heavy atom. The van der Waals surface area contributed by atoms with Gasteiger partial charge in [-0.25, -0.2) is 0 Å². The van der Waals surface area contributed by atoms with Gasteiger partial charge in [-0.05, 0) is 18.5 Å². The van der Waals surface area contributed by atoms with Gasteiger partial charge in [0, 0.05) is 52.6 Å². The molecular formula is C19H29N3O2. The molecule has 0 radical (unpaired) electrons. The van der Waals surface area contributed by atoms with Gasteiger partial charge in [0.2, 0.25) is 11.8 Å². The van der Waals surface area contributed by atoms with Crippen LogP contribution in [0, 0.1) is 0 Å². The van der Waals surface area contributed by atoms with Crippen LogP contribution in [-0.4, -0.2) is 72.3 Å². The first kappa shape index (κ1) is 18.5. The topological polar surface area (TPSA) is 43.9 Å². The molecule has 24 heavy (non-hydrogen) atoms. The zero-order chi connectivity index (χ0) is 17.4. The highest BCUT2D eigenvalue weighted by Gasteiger charge is 2.21. The number of piperazine rings is 1. The largest absolute Gasteiger partial charge is 0.342 e. The minimum atomic E-state index is 0.0366. The molecule has 132 valence electrons. The smallest absolute Gasteiger partial charge is 0.224 e. The molecular weight excluding hydrogens is 302 g/mol. The molecule has 2 amide bonds. The normalized spacial score (nSPS) is 15.3. The van der Waals surface area contributed by atoms with Crippen molar-refractivity contribution in [3.8, 4) is 0 Å². The number of carbonyl (C=O) groups excluding carboxylic acids is 2. The highest BCUT2D eigenvalue weighted by atomic mass is 16.2. The third-order valence-corrected chi connectivity index (χ3v) is 4.73. The zero-order valence-corrected chi connectivity index (χ0v) is 14.9. The third-order valence-electron chi connectivity index (χ3n) is 4.73. The van der Waals surface area contributed by atoms with Crippen molar-refractivity contribution in [3.63, 3.8) is 0 Å². The molecule has 0 aliphatic carbocycles. The Morgan fingerprint density at radius 2 is 1.71 bits per heavy atom. The number of carbonyl (C=O) groups is 2. The second-order valence-electron chi connectivity index (χ2n) is 6.31. The van der Waals surface area contributed by atoms with Crippen molar-refractivity contribution < 1.29 is 9.59 Å². The van der Waals surface area contributed by atoms with E-state index in [1.807, 2.05) is 23.1 Å². The van der Waals surface area contributed by atoms with E-state index in [9.17, 15) is 9.59 Å². The lowest BCUT2D eigenvalue weighted by Gasteiger charge is -2.34. The van der Waals surface area contributed by atoms with Gasteiger partial charge in [0.25, 0.3) is 0 Å². The summed E-state index contributed by atoms with van der Waals surface area (Å²) in [7, 11) is 0. The number of amides is 2. The Labute approximate surface area is 145 Å². The molecule has 0 saturated carbocycles. The van der Waals surface area contributed by atoms with Gasteiger partial charge in [-0.3, -0.25) is 9.59 Å². The maximum absolute atomic E-state index is 12.4. The van der Waals surface area contributed by atoms with E-state index in [0.29, 0.717) is 19.5 Å². The number of benzene rings is 1. The van der Waals surface area contributed by atoms with Crippen molar-refractivity contribution >= 4 is 11.8 Å². The van der Waals surface area contributed by atoms with Crippen LogP contribution in [0.5, 0.6) is 0 Å². The van der Waals surface area contributed by atoms with E-state index in [4.69, 9.17) is 0 Å². The zero-order valence-electron chi connectivity index (χ0n) is 14.9. The van der Waals surface area contributed by atoms with E-state index >= 15 is 0 Å². The average Bonchev–Trinajstić information content (AvgIpc) is 2.62. The summed E-state index contributed by atoms with van der Waals surface area (Å²) in [5.74, 6) is 0.200. The molecule has 1 fully saturated rings. The maximum atomic E-state index is 12.4. The van der Waals surface area contributed by atoms with Crippen LogP contribution in [0.2, 0.25) is 0 Å². The fourth-order valence-corrected chi connectivity index (χ4v) is 3.04. The molecule has 1 aliphatic heterocycles. The second-order valence-corrected chi connectivity index (χ2v) is 6.31. The number of likely N-dealkylation sites (N-methyl/N-ethyl adjacent to an activating group) is 1. The van der Waals surface area contributed by atoms with Gasteiger partial charge in [0.05, 0.1) is 0 Å². The second kappa shape index (κ2) is 9.42. The molecule has 0 bridgehead atoms. The molecule has 5 nitrogen and oxygen atoms in total. The minimum Gasteiger partial charge on any atom is -0.342 e. The first-order chi connectivity index (χ1) is 11.6. The molecule has 1 aromatic carbocycles. The van der Waals surface area contributed by atoms with Crippen LogP contribution in [0.3, 0.4) is 0 Å². The molecule has 1 aliphatic rings. The van der Waals surface area contributed by atoms with Gasteiger partial charge in [0.15, 0.2) is 0 Å². The lowest BCUT2D eigenvalue weighted by Crippen LogP contribution is -2.49. The summed E-state index contributed by atoms with van der Waals surface area (Å²) in [6.07, 6.45) is 1.24. The molecule has 1 aromatic rings. The molecule has 2 rings (SSSR count). The highest BCUT2D eigenvalue weighted by Crippen LogP contribution is 2.06. The van der Waals surface area contributed by atoms with E-state index < -0.39 is 0 Å². The van der Waals surface area contributed by atoms with Crippen molar-refractivity contribution in [2.24, 2.45) is 0 Å². The highest BCUT2D eigenvalue weighted by molar-refractivity contribution is 5.78. The van der Waals surface area contributed by atoms with Crippen LogP contribution < -0.4 is 0 Å². The van der Waals surface area contributed by atoms with Crippen molar-refractivity contribution in [3.05, 3.63) is 35.9 Å². The van der Waals surface area contributed by atoms with Gasteiger partial charge in [-0.15, -0.1) is 0 Å². The van der Waals surface area contributed by atoms with Gasteiger partial charge in [0.1, 0.15) is 0 Å². The van der Waals surface area contributed by atoms with E-state index in [0.717, 1.165) is 39.1 Å². The first-order valence-corrected chi connectivity index (χ1v) is 8.89. The van der Waals surface area contributed by atoms with Gasteiger partial charge < -0.3 is 14.7 Å². The van der Waals surface area contributed by atoms with E-state index in [2.05, 4.69) is 24.0 Å². The number of hydrogen-bond acceptors (Lipinski definition) is 3. The van der Waals surface area contributed by atoms with Crippen molar-refractivity contribution in [2.75, 3.05) is 45.8 Å². The van der Waals surface area contributed by atoms with Gasteiger partial charge in [-0.2, -0.15) is 0 Å². The fraction of sp³-hybridized carbons (Fsp3) is 0.579. The summed E-state index contributed by atoms with van der Waals surface area (Å²) >= 11 is 0. The van der Waals surface area contributed by atoms with Crippen LogP contribution >= 0.6 is 0 Å². The Hall–Kier alpha value is -1.88. The first-order valence-electron chi connectivity index (χ1n) is 8.89. The molecule has 0 spiro atoms. The maximum Gasteiger partial charge on any atom is 0.224 e. The Balaban J connectivity index is 1.76. The summed E-state index contributed by atoms with van der Waals surface area (Å²) in [4.78, 5) is 30.3. The van der Waals surface area contributed by atoms with Crippen LogP contribution in [-0.2, 0) is 16.0 Å². The molecule has 0 atom stereocenters. The molecule has 0 aromatic heterocycles. The Bertz CT molecular complexity index is 525. The number of nitrogens with zero attached hydrogens (tertiary/aromatic N) is 3. The van der Waals surface area contributed by atoms with Crippen molar-refractivity contribution in [1.29, 1.82) is 0 Å². The lowest BCUT2D eigenvalue weighted by molar-refractivity contribution is -0.134. The lowest BCUT2D eigenvalue weighted by atomic mass is 10.1. The molecule has 1 heterocycles. The van der Waals surface area contributed by atoms with Gasteiger partial charge in [-0.1, -0.05) is 37.3 Å². The molecule has 0 unspecified atom stereocenters. The average molecular weight is 331 g/mol. The number of hydrogen-bond donors (Lipinski definition) is 0. The number of rotatable bonds is 7. The van der Waals surface area contributed by atoms with Crippen LogP contribution in [0.15, 0.2) is 30.3 Å². The predicted octanol–water partition coefficient (Wildman–Crippen LogP) is 1.63. The Kier molecular flexibility index (Phi) is 7.25. The third kappa shape index (κ3) is 5.64. The molecule has 1 saturated heterocycles. The van der Waals surface area contributed by atoms with Crippen molar-refractivity contribution in [2.45, 2.75) is 26.7 Å². The summed E-state index contributed by atoms with van der Waals surface area (Å²) in [6.45, 7) is 9.45. The van der Waals surface area contributed by atoms with E-state index in [1.54, 1.807) is 11.8 Å². The summed E-state index contributed by atoms with van der Waals surface area (Å²) in [6, 6.07) is 10.1. The molecule has 0 N–H and O–H groups in total. The summed E-state index contributed by atoms with van der Waals surface area (Å²) in [5, 5.41) is 0. The summed E-state index contributed by atoms with van der Waals surface area (Å²) in [5.41, 5.74) is 1.21. The summed E-state index contributed by atoms with van der Waals surface area (Å²) < 4.78 is 0. The predicted molar refractivity (Wildman–Crippen MR) is 95.7 cm³/mol. The van der Waals surface area contributed by atoms with Crippen LogP contribution in [0.4, 0.5) is 0 Å². The quantitative estimate of drug-likeness (QED) is 0.763. The van der Waals surface area contributed by atoms with Crippen LogP contribution in [0.1, 0.15) is 25.8 Å². The van der Waals surface area contributed by atoms with E-state index in [-0.39, 0.29) is 11.8 Å². The fourth-order valence-electron chi connectivity index (χ4n) is 3.04. The minimum absolute atomic E-state index is 0.0366. The van der Waals surface area contributed by atoms with E-state index in [1.165, 1.54) is 5.56 Å². The Morgan fingerprint density at radius 1 is 1.04 bits per heavy atom. The molecule has 5 heteroatoms. The van der Waals surface area contributed by atoms with Crippen molar-refractivity contribution in [1.82, 2.24) is 14.7 Å². The van der Waals surface area contributed by atoms with Crippen LogP contribution in [0.25, 0.3) is 0 Å². The SMILES string of the molecule is CCN1CCN(C(=O)CCN(CCc2ccccc2)C(C)=O)CC1.